The second-order valence-electron chi connectivity index (χ2n) is 6.46. The lowest BCUT2D eigenvalue weighted by molar-refractivity contribution is -0.148. The zero-order chi connectivity index (χ0) is 15.5. The van der Waals surface area contributed by atoms with Gasteiger partial charge in [0.2, 0.25) is 0 Å². The van der Waals surface area contributed by atoms with E-state index in [0.717, 1.165) is 32.1 Å². The number of hydrogen-bond donors (Lipinski definition) is 3. The standard InChI is InChI=1S/C15H26N2O4/c1-2-7-15(13(19)20)8-9-17(10-15)14(21)16-11-3-5-12(18)6-4-11/h11-12,18H,2-10H2,1H3,(H,16,21)(H,19,20). The third-order valence-electron chi connectivity index (χ3n) is 4.85. The van der Waals surface area contributed by atoms with Gasteiger partial charge in [-0.1, -0.05) is 13.3 Å². The summed E-state index contributed by atoms with van der Waals surface area (Å²) in [4.78, 5) is 25.4. The molecule has 3 N–H and O–H groups in total. The molecule has 0 radical (unpaired) electrons. The van der Waals surface area contributed by atoms with Crippen LogP contribution in [-0.4, -0.2) is 52.3 Å². The Morgan fingerprint density at radius 2 is 1.95 bits per heavy atom. The number of carboxylic acids is 1. The fourth-order valence-electron chi connectivity index (χ4n) is 3.50. The smallest absolute Gasteiger partial charge is 0.317 e. The van der Waals surface area contributed by atoms with Crippen LogP contribution in [0.5, 0.6) is 0 Å². The summed E-state index contributed by atoms with van der Waals surface area (Å²) in [5.41, 5.74) is -0.769. The summed E-state index contributed by atoms with van der Waals surface area (Å²) in [5.74, 6) is -0.791. The van der Waals surface area contributed by atoms with Crippen molar-refractivity contribution in [2.45, 2.75) is 64.0 Å². The first-order chi connectivity index (χ1) is 9.97. The van der Waals surface area contributed by atoms with Crippen molar-refractivity contribution in [1.82, 2.24) is 10.2 Å². The average molecular weight is 298 g/mol. The fraction of sp³-hybridized carbons (Fsp3) is 0.867. The first-order valence-electron chi connectivity index (χ1n) is 7.94. The Morgan fingerprint density at radius 1 is 1.29 bits per heavy atom. The number of carbonyl (C=O) groups excluding carboxylic acids is 1. The molecular formula is C15H26N2O4. The second kappa shape index (κ2) is 6.64. The molecular weight excluding hydrogens is 272 g/mol. The summed E-state index contributed by atoms with van der Waals surface area (Å²) in [6.45, 7) is 2.78. The number of hydrogen-bond acceptors (Lipinski definition) is 3. The molecule has 2 aliphatic rings. The Balaban J connectivity index is 1.88. The topological polar surface area (TPSA) is 89.9 Å². The van der Waals surface area contributed by atoms with Crippen LogP contribution in [0, 0.1) is 5.41 Å². The molecule has 6 heteroatoms. The van der Waals surface area contributed by atoms with E-state index in [1.165, 1.54) is 0 Å². The lowest BCUT2D eigenvalue weighted by atomic mass is 9.83. The first-order valence-corrected chi connectivity index (χ1v) is 7.94. The number of carbonyl (C=O) groups is 2. The largest absolute Gasteiger partial charge is 0.481 e. The number of urea groups is 1. The van der Waals surface area contributed by atoms with E-state index in [2.05, 4.69) is 5.32 Å². The second-order valence-corrected chi connectivity index (χ2v) is 6.46. The number of likely N-dealkylation sites (tertiary alicyclic amines) is 1. The Bertz CT molecular complexity index is 393. The molecule has 0 aromatic rings. The number of aliphatic hydroxyl groups is 1. The van der Waals surface area contributed by atoms with Crippen molar-refractivity contribution >= 4 is 12.0 Å². The highest BCUT2D eigenvalue weighted by molar-refractivity contribution is 5.79. The van der Waals surface area contributed by atoms with Crippen molar-refractivity contribution in [2.75, 3.05) is 13.1 Å². The van der Waals surface area contributed by atoms with Crippen LogP contribution in [0.3, 0.4) is 0 Å². The maximum atomic E-state index is 12.3. The van der Waals surface area contributed by atoms with Crippen LogP contribution >= 0.6 is 0 Å². The van der Waals surface area contributed by atoms with Crippen LogP contribution in [0.4, 0.5) is 4.79 Å². The maximum Gasteiger partial charge on any atom is 0.317 e. The van der Waals surface area contributed by atoms with Crippen molar-refractivity contribution < 1.29 is 19.8 Å². The monoisotopic (exact) mass is 298 g/mol. The van der Waals surface area contributed by atoms with Gasteiger partial charge in [0.1, 0.15) is 0 Å². The third-order valence-corrected chi connectivity index (χ3v) is 4.85. The minimum absolute atomic E-state index is 0.104. The molecule has 1 aliphatic heterocycles. The van der Waals surface area contributed by atoms with E-state index in [9.17, 15) is 19.8 Å². The summed E-state index contributed by atoms with van der Waals surface area (Å²) in [7, 11) is 0. The van der Waals surface area contributed by atoms with Gasteiger partial charge in [0.05, 0.1) is 11.5 Å². The molecule has 21 heavy (non-hydrogen) atoms. The molecule has 0 bridgehead atoms. The van der Waals surface area contributed by atoms with Crippen molar-refractivity contribution in [3.05, 3.63) is 0 Å². The van der Waals surface area contributed by atoms with Crippen LogP contribution < -0.4 is 5.32 Å². The molecule has 1 aliphatic carbocycles. The zero-order valence-electron chi connectivity index (χ0n) is 12.7. The minimum Gasteiger partial charge on any atom is -0.481 e. The number of aliphatic hydroxyl groups excluding tert-OH is 1. The van der Waals surface area contributed by atoms with Gasteiger partial charge in [-0.05, 0) is 38.5 Å². The van der Waals surface area contributed by atoms with Gasteiger partial charge in [-0.15, -0.1) is 0 Å². The van der Waals surface area contributed by atoms with Crippen molar-refractivity contribution in [2.24, 2.45) is 5.41 Å². The van der Waals surface area contributed by atoms with Crippen LogP contribution in [0.25, 0.3) is 0 Å². The highest BCUT2D eigenvalue weighted by Crippen LogP contribution is 2.35. The van der Waals surface area contributed by atoms with E-state index >= 15 is 0 Å². The summed E-state index contributed by atoms with van der Waals surface area (Å²) < 4.78 is 0. The SMILES string of the molecule is CCCC1(C(=O)O)CCN(C(=O)NC2CCC(O)CC2)C1. The van der Waals surface area contributed by atoms with Gasteiger partial charge in [0.15, 0.2) is 0 Å². The van der Waals surface area contributed by atoms with E-state index in [1.807, 2.05) is 6.92 Å². The Hall–Kier alpha value is -1.30. The summed E-state index contributed by atoms with van der Waals surface area (Å²) in [6.07, 6.45) is 4.74. The Labute approximate surface area is 125 Å². The third kappa shape index (κ3) is 3.67. The van der Waals surface area contributed by atoms with E-state index in [4.69, 9.17) is 0 Å². The normalized spacial score (nSPS) is 33.0. The quantitative estimate of drug-likeness (QED) is 0.735. The Kier molecular flexibility index (Phi) is 5.08. The van der Waals surface area contributed by atoms with Gasteiger partial charge in [0, 0.05) is 19.1 Å². The highest BCUT2D eigenvalue weighted by Gasteiger charge is 2.45. The summed E-state index contributed by atoms with van der Waals surface area (Å²) in [5, 5.41) is 21.9. The number of aliphatic carboxylic acids is 1. The van der Waals surface area contributed by atoms with Crippen molar-refractivity contribution in [3.63, 3.8) is 0 Å². The molecule has 1 unspecified atom stereocenters. The molecule has 1 saturated heterocycles. The van der Waals surface area contributed by atoms with E-state index in [-0.39, 0.29) is 18.2 Å². The van der Waals surface area contributed by atoms with Crippen molar-refractivity contribution in [1.29, 1.82) is 0 Å². The minimum atomic E-state index is -0.791. The molecule has 0 spiro atoms. The highest BCUT2D eigenvalue weighted by atomic mass is 16.4. The number of nitrogens with zero attached hydrogens (tertiary/aromatic N) is 1. The lowest BCUT2D eigenvalue weighted by Crippen LogP contribution is -2.46. The van der Waals surface area contributed by atoms with Gasteiger partial charge in [-0.2, -0.15) is 0 Å². The lowest BCUT2D eigenvalue weighted by Gasteiger charge is -2.29. The predicted molar refractivity (Wildman–Crippen MR) is 78.0 cm³/mol. The number of carboxylic acid groups (broad SMARTS) is 1. The maximum absolute atomic E-state index is 12.3. The molecule has 2 rings (SSSR count). The van der Waals surface area contributed by atoms with E-state index in [1.54, 1.807) is 4.90 Å². The molecule has 0 aromatic heterocycles. The van der Waals surface area contributed by atoms with Gasteiger partial charge >= 0.3 is 12.0 Å². The molecule has 1 atom stereocenters. The van der Waals surface area contributed by atoms with Gasteiger partial charge < -0.3 is 20.4 Å². The van der Waals surface area contributed by atoms with E-state index in [0.29, 0.717) is 25.9 Å². The fourth-order valence-corrected chi connectivity index (χ4v) is 3.50. The molecule has 0 aromatic carbocycles. The predicted octanol–water partition coefficient (Wildman–Crippen LogP) is 1.58. The zero-order valence-corrected chi connectivity index (χ0v) is 12.7. The van der Waals surface area contributed by atoms with Crippen LogP contribution in [0.2, 0.25) is 0 Å². The molecule has 2 amide bonds. The first kappa shape index (κ1) is 16.1. The Morgan fingerprint density at radius 3 is 2.52 bits per heavy atom. The average Bonchev–Trinajstić information content (AvgIpc) is 2.88. The molecule has 1 heterocycles. The van der Waals surface area contributed by atoms with Crippen LogP contribution in [-0.2, 0) is 4.79 Å². The molecule has 6 nitrogen and oxygen atoms in total. The van der Waals surface area contributed by atoms with Gasteiger partial charge in [0.25, 0.3) is 0 Å². The van der Waals surface area contributed by atoms with Gasteiger partial charge in [-0.25, -0.2) is 4.79 Å². The number of amides is 2. The summed E-state index contributed by atoms with van der Waals surface area (Å²) >= 11 is 0. The number of nitrogens with one attached hydrogen (secondary N) is 1. The number of rotatable bonds is 4. The summed E-state index contributed by atoms with van der Waals surface area (Å²) in [6, 6.07) is -0.0532. The van der Waals surface area contributed by atoms with Crippen LogP contribution in [0.15, 0.2) is 0 Å². The van der Waals surface area contributed by atoms with Gasteiger partial charge in [-0.3, -0.25) is 4.79 Å². The molecule has 1 saturated carbocycles. The molecule has 2 fully saturated rings. The molecule has 120 valence electrons. The van der Waals surface area contributed by atoms with E-state index < -0.39 is 11.4 Å². The van der Waals surface area contributed by atoms with Crippen LogP contribution in [0.1, 0.15) is 51.9 Å². The van der Waals surface area contributed by atoms with Crippen molar-refractivity contribution in [3.8, 4) is 0 Å².